The molecule has 1 fully saturated rings. The third kappa shape index (κ3) is 8.77. The number of likely N-dealkylation sites (N-methyl/N-ethyl adjacent to an activating group) is 1. The van der Waals surface area contributed by atoms with Crippen molar-refractivity contribution in [3.63, 3.8) is 0 Å². The van der Waals surface area contributed by atoms with Crippen molar-refractivity contribution in [1.29, 1.82) is 0 Å². The molecule has 21 heavy (non-hydrogen) atoms. The van der Waals surface area contributed by atoms with Gasteiger partial charge in [0.15, 0.2) is 0 Å². The van der Waals surface area contributed by atoms with Gasteiger partial charge < -0.3 is 15.0 Å². The Morgan fingerprint density at radius 1 is 1.14 bits per heavy atom. The zero-order chi connectivity index (χ0) is 15.7. The summed E-state index contributed by atoms with van der Waals surface area (Å²) in [6.07, 6.45) is 4.48. The van der Waals surface area contributed by atoms with Gasteiger partial charge in [0.2, 0.25) is 0 Å². The minimum atomic E-state index is 0.427. The Hall–Kier alpha value is -0.160. The summed E-state index contributed by atoms with van der Waals surface area (Å²) >= 11 is 0. The lowest BCUT2D eigenvalue weighted by Crippen LogP contribution is -2.39. The van der Waals surface area contributed by atoms with Gasteiger partial charge in [-0.25, -0.2) is 0 Å². The normalized spacial score (nSPS) is 22.9. The molecule has 1 rings (SSSR count). The van der Waals surface area contributed by atoms with Crippen LogP contribution in [0.15, 0.2) is 0 Å². The molecule has 2 atom stereocenters. The van der Waals surface area contributed by atoms with Gasteiger partial charge in [-0.1, -0.05) is 20.8 Å². The summed E-state index contributed by atoms with van der Waals surface area (Å²) < 4.78 is 6.21. The van der Waals surface area contributed by atoms with Crippen LogP contribution in [-0.4, -0.2) is 75.4 Å². The van der Waals surface area contributed by atoms with Crippen LogP contribution >= 0.6 is 0 Å². The molecule has 0 amide bonds. The SMILES string of the molecule is CCCNCC1CCC(CN(CCN(C)C)CC(C)C)O1. The molecule has 126 valence electrons. The monoisotopic (exact) mass is 299 g/mol. The Balaban J connectivity index is 2.30. The lowest BCUT2D eigenvalue weighted by Gasteiger charge is -2.28. The van der Waals surface area contributed by atoms with Crippen molar-refractivity contribution >= 4 is 0 Å². The molecule has 1 aliphatic rings. The number of hydrogen-bond acceptors (Lipinski definition) is 4. The average Bonchev–Trinajstić information content (AvgIpc) is 2.83. The van der Waals surface area contributed by atoms with Crippen molar-refractivity contribution in [2.45, 2.75) is 52.2 Å². The molecule has 0 spiro atoms. The third-order valence-corrected chi connectivity index (χ3v) is 3.94. The van der Waals surface area contributed by atoms with Crippen LogP contribution in [0.25, 0.3) is 0 Å². The molecule has 0 bridgehead atoms. The molecule has 4 heteroatoms. The lowest BCUT2D eigenvalue weighted by atomic mass is 10.1. The van der Waals surface area contributed by atoms with Gasteiger partial charge in [-0.15, -0.1) is 0 Å². The zero-order valence-corrected chi connectivity index (χ0v) is 14.9. The van der Waals surface area contributed by atoms with Gasteiger partial charge in [0, 0.05) is 32.7 Å². The molecule has 0 aliphatic carbocycles. The molecule has 0 radical (unpaired) electrons. The first-order valence-electron chi connectivity index (χ1n) is 8.74. The van der Waals surface area contributed by atoms with Crippen LogP contribution in [0, 0.1) is 5.92 Å². The van der Waals surface area contributed by atoms with Gasteiger partial charge >= 0.3 is 0 Å². The summed E-state index contributed by atoms with van der Waals surface area (Å²) in [6.45, 7) is 13.5. The molecular weight excluding hydrogens is 262 g/mol. The van der Waals surface area contributed by atoms with Gasteiger partial charge in [-0.05, 0) is 45.8 Å². The fraction of sp³-hybridized carbons (Fsp3) is 1.00. The maximum Gasteiger partial charge on any atom is 0.0707 e. The lowest BCUT2D eigenvalue weighted by molar-refractivity contribution is 0.0204. The fourth-order valence-electron chi connectivity index (χ4n) is 2.91. The number of nitrogens with zero attached hydrogens (tertiary/aromatic N) is 2. The molecule has 0 aromatic carbocycles. The van der Waals surface area contributed by atoms with Crippen molar-refractivity contribution in [1.82, 2.24) is 15.1 Å². The fourth-order valence-corrected chi connectivity index (χ4v) is 2.91. The van der Waals surface area contributed by atoms with Gasteiger partial charge in [-0.3, -0.25) is 4.90 Å². The van der Waals surface area contributed by atoms with Crippen LogP contribution in [0.3, 0.4) is 0 Å². The quantitative estimate of drug-likeness (QED) is 0.591. The smallest absolute Gasteiger partial charge is 0.0707 e. The maximum atomic E-state index is 6.21. The van der Waals surface area contributed by atoms with E-state index in [0.717, 1.165) is 38.6 Å². The minimum Gasteiger partial charge on any atom is -0.372 e. The van der Waals surface area contributed by atoms with E-state index in [2.05, 4.69) is 50.0 Å². The third-order valence-electron chi connectivity index (χ3n) is 3.94. The Bertz CT molecular complexity index is 258. The molecule has 1 heterocycles. The first-order chi connectivity index (χ1) is 10.0. The Morgan fingerprint density at radius 2 is 1.86 bits per heavy atom. The molecule has 1 aliphatic heterocycles. The van der Waals surface area contributed by atoms with Crippen LogP contribution in [0.2, 0.25) is 0 Å². The van der Waals surface area contributed by atoms with Crippen LogP contribution in [0.5, 0.6) is 0 Å². The van der Waals surface area contributed by atoms with Crippen LogP contribution < -0.4 is 5.32 Å². The summed E-state index contributed by atoms with van der Waals surface area (Å²) in [5, 5.41) is 3.48. The first kappa shape index (κ1) is 18.9. The van der Waals surface area contributed by atoms with Crippen LogP contribution in [0.1, 0.15) is 40.0 Å². The number of rotatable bonds is 11. The van der Waals surface area contributed by atoms with Gasteiger partial charge in [0.1, 0.15) is 0 Å². The molecule has 0 aromatic heterocycles. The molecular formula is C17H37N3O. The van der Waals surface area contributed by atoms with E-state index in [-0.39, 0.29) is 0 Å². The van der Waals surface area contributed by atoms with Crippen molar-refractivity contribution in [3.05, 3.63) is 0 Å². The second-order valence-electron chi connectivity index (χ2n) is 7.12. The van der Waals surface area contributed by atoms with Crippen molar-refractivity contribution in [2.24, 2.45) is 5.92 Å². The van der Waals surface area contributed by atoms with Crippen molar-refractivity contribution in [3.8, 4) is 0 Å². The molecule has 4 nitrogen and oxygen atoms in total. The molecule has 1 saturated heterocycles. The second-order valence-corrected chi connectivity index (χ2v) is 7.12. The van der Waals surface area contributed by atoms with Gasteiger partial charge in [0.25, 0.3) is 0 Å². The molecule has 2 unspecified atom stereocenters. The zero-order valence-electron chi connectivity index (χ0n) is 14.9. The van der Waals surface area contributed by atoms with Crippen molar-refractivity contribution < 1.29 is 4.74 Å². The second kappa shape index (κ2) is 10.5. The summed E-state index contributed by atoms with van der Waals surface area (Å²) in [5.41, 5.74) is 0. The van der Waals surface area contributed by atoms with E-state index in [1.165, 1.54) is 25.8 Å². The first-order valence-corrected chi connectivity index (χ1v) is 8.74. The summed E-state index contributed by atoms with van der Waals surface area (Å²) in [5.74, 6) is 0.718. The highest BCUT2D eigenvalue weighted by Gasteiger charge is 2.26. The largest absolute Gasteiger partial charge is 0.372 e. The number of hydrogen-bond donors (Lipinski definition) is 1. The van der Waals surface area contributed by atoms with E-state index < -0.39 is 0 Å². The highest BCUT2D eigenvalue weighted by molar-refractivity contribution is 4.78. The Morgan fingerprint density at radius 3 is 2.48 bits per heavy atom. The highest BCUT2D eigenvalue weighted by Crippen LogP contribution is 2.20. The Kier molecular flexibility index (Phi) is 9.49. The van der Waals surface area contributed by atoms with E-state index in [1.807, 2.05) is 0 Å². The molecule has 0 saturated carbocycles. The van der Waals surface area contributed by atoms with E-state index in [4.69, 9.17) is 4.74 Å². The highest BCUT2D eigenvalue weighted by atomic mass is 16.5. The minimum absolute atomic E-state index is 0.427. The molecule has 0 aromatic rings. The van der Waals surface area contributed by atoms with E-state index >= 15 is 0 Å². The van der Waals surface area contributed by atoms with Crippen LogP contribution in [0.4, 0.5) is 0 Å². The predicted molar refractivity (Wildman–Crippen MR) is 90.9 cm³/mol. The summed E-state index contributed by atoms with van der Waals surface area (Å²) in [6, 6.07) is 0. The number of nitrogens with one attached hydrogen (secondary N) is 1. The van der Waals surface area contributed by atoms with Crippen molar-refractivity contribution in [2.75, 3.05) is 53.4 Å². The predicted octanol–water partition coefficient (Wildman–Crippen LogP) is 2.05. The maximum absolute atomic E-state index is 6.21. The summed E-state index contributed by atoms with van der Waals surface area (Å²) in [4.78, 5) is 4.84. The van der Waals surface area contributed by atoms with Gasteiger partial charge in [-0.2, -0.15) is 0 Å². The standard InChI is InChI=1S/C17H37N3O/c1-6-9-18-12-16-7-8-17(21-16)14-20(13-15(2)3)11-10-19(4)5/h15-18H,6-14H2,1-5H3. The average molecular weight is 300 g/mol. The van der Waals surface area contributed by atoms with E-state index in [0.29, 0.717) is 12.2 Å². The molecule has 1 N–H and O–H groups in total. The van der Waals surface area contributed by atoms with Crippen LogP contribution in [-0.2, 0) is 4.74 Å². The topological polar surface area (TPSA) is 27.7 Å². The van der Waals surface area contributed by atoms with Gasteiger partial charge in [0.05, 0.1) is 12.2 Å². The van der Waals surface area contributed by atoms with E-state index in [9.17, 15) is 0 Å². The Labute approximate surface area is 132 Å². The summed E-state index contributed by atoms with van der Waals surface area (Å²) in [7, 11) is 4.30. The van der Waals surface area contributed by atoms with E-state index in [1.54, 1.807) is 0 Å². The number of ether oxygens (including phenoxy) is 1.